The molecular weight excluding hydrogens is 384 g/mol. The van der Waals surface area contributed by atoms with Crippen LogP contribution in [0.5, 0.6) is 0 Å². The highest BCUT2D eigenvalue weighted by molar-refractivity contribution is 7.14. The van der Waals surface area contributed by atoms with Gasteiger partial charge in [0.2, 0.25) is 0 Å². The van der Waals surface area contributed by atoms with Crippen LogP contribution in [-0.4, -0.2) is 33.5 Å². The fraction of sp³-hybridized carbons (Fsp3) is 0.222. The summed E-state index contributed by atoms with van der Waals surface area (Å²) in [5.74, 6) is -1.86. The number of hydrogen-bond donors (Lipinski definition) is 2. The van der Waals surface area contributed by atoms with Crippen LogP contribution in [0.4, 0.5) is 5.00 Å². The number of hydrogen-bond acceptors (Lipinski definition) is 6. The summed E-state index contributed by atoms with van der Waals surface area (Å²) >= 11 is 1.14. The van der Waals surface area contributed by atoms with Crippen LogP contribution in [0.3, 0.4) is 0 Å². The van der Waals surface area contributed by atoms with Gasteiger partial charge in [-0.15, -0.1) is 11.3 Å². The fourth-order valence-corrected chi connectivity index (χ4v) is 3.57. The van der Waals surface area contributed by atoms with E-state index in [-0.39, 0.29) is 24.2 Å². The lowest BCUT2D eigenvalue weighted by Crippen LogP contribution is -2.25. The molecule has 0 fully saturated rings. The molecule has 0 radical (unpaired) electrons. The van der Waals surface area contributed by atoms with Crippen LogP contribution in [0.25, 0.3) is 11.0 Å². The van der Waals surface area contributed by atoms with Crippen LogP contribution < -0.4 is 16.7 Å². The Bertz CT molecular complexity index is 1110. The number of anilines is 1. The van der Waals surface area contributed by atoms with Gasteiger partial charge in [0.15, 0.2) is 6.61 Å². The van der Waals surface area contributed by atoms with Gasteiger partial charge in [-0.2, -0.15) is 0 Å². The van der Waals surface area contributed by atoms with Gasteiger partial charge in [0.05, 0.1) is 23.0 Å². The Kier molecular flexibility index (Phi) is 5.59. The number of primary amides is 1. The monoisotopic (exact) mass is 402 g/mol. The van der Waals surface area contributed by atoms with Crippen molar-refractivity contribution in [1.29, 1.82) is 0 Å². The molecule has 10 heteroatoms. The van der Waals surface area contributed by atoms with Crippen LogP contribution in [-0.2, 0) is 27.9 Å². The van der Waals surface area contributed by atoms with Gasteiger partial charge in [-0.05, 0) is 23.6 Å². The van der Waals surface area contributed by atoms with Crippen molar-refractivity contribution in [3.05, 3.63) is 51.8 Å². The number of nitrogens with two attached hydrogens (primary N) is 1. The van der Waals surface area contributed by atoms with E-state index in [0.717, 1.165) is 22.4 Å². The van der Waals surface area contributed by atoms with E-state index >= 15 is 0 Å². The number of esters is 1. The highest BCUT2D eigenvalue weighted by atomic mass is 32.1. The molecule has 0 aliphatic carbocycles. The maximum absolute atomic E-state index is 12.3. The molecule has 0 aliphatic heterocycles. The van der Waals surface area contributed by atoms with Gasteiger partial charge in [0.1, 0.15) is 5.00 Å². The summed E-state index contributed by atoms with van der Waals surface area (Å²) < 4.78 is 7.94. The van der Waals surface area contributed by atoms with Crippen molar-refractivity contribution in [3.8, 4) is 0 Å². The zero-order valence-electron chi connectivity index (χ0n) is 15.0. The molecule has 0 saturated carbocycles. The minimum Gasteiger partial charge on any atom is -0.456 e. The van der Waals surface area contributed by atoms with E-state index < -0.39 is 24.4 Å². The predicted molar refractivity (Wildman–Crippen MR) is 104 cm³/mol. The summed E-state index contributed by atoms with van der Waals surface area (Å²) in [6.07, 6.45) is -0.0628. The Morgan fingerprint density at radius 2 is 1.89 bits per heavy atom. The fourth-order valence-electron chi connectivity index (χ4n) is 2.76. The summed E-state index contributed by atoms with van der Waals surface area (Å²) in [5.41, 5.74) is 6.65. The number of thiophene rings is 1. The zero-order valence-corrected chi connectivity index (χ0v) is 15.8. The molecule has 3 rings (SSSR count). The topological polar surface area (TPSA) is 125 Å². The Morgan fingerprint density at radius 3 is 2.61 bits per heavy atom. The number of nitrogens with zero attached hydrogens (tertiary/aromatic N) is 2. The highest BCUT2D eigenvalue weighted by Crippen LogP contribution is 2.22. The van der Waals surface area contributed by atoms with Crippen LogP contribution >= 0.6 is 11.3 Å². The first-order chi connectivity index (χ1) is 13.4. The molecule has 2 amide bonds. The number of amides is 2. The lowest BCUT2D eigenvalue weighted by Gasteiger charge is -2.07. The molecule has 3 N–H and O–H groups in total. The molecule has 2 aromatic heterocycles. The number of fused-ring (bicyclic) bond motifs is 1. The zero-order chi connectivity index (χ0) is 20.3. The predicted octanol–water partition coefficient (Wildman–Crippen LogP) is 1.07. The van der Waals surface area contributed by atoms with E-state index in [9.17, 15) is 19.2 Å². The number of para-hydroxylation sites is 2. The Morgan fingerprint density at radius 1 is 1.18 bits per heavy atom. The Balaban J connectivity index is 1.55. The number of carbonyl (C=O) groups is 3. The van der Waals surface area contributed by atoms with Gasteiger partial charge < -0.3 is 15.8 Å². The first kappa shape index (κ1) is 19.4. The highest BCUT2D eigenvalue weighted by Gasteiger charge is 2.15. The third kappa shape index (κ3) is 3.96. The van der Waals surface area contributed by atoms with E-state index in [1.807, 2.05) is 18.2 Å². The summed E-state index contributed by atoms with van der Waals surface area (Å²) in [6.45, 7) is -0.364. The molecule has 3 aromatic rings. The molecule has 0 bridgehead atoms. The molecule has 0 aliphatic rings. The number of aromatic nitrogens is 2. The molecular formula is C18H18N4O5S. The van der Waals surface area contributed by atoms with Crippen molar-refractivity contribution in [2.24, 2.45) is 12.8 Å². The first-order valence-corrected chi connectivity index (χ1v) is 9.23. The van der Waals surface area contributed by atoms with Crippen LogP contribution in [0, 0.1) is 0 Å². The minimum atomic E-state index is -0.658. The van der Waals surface area contributed by atoms with Crippen LogP contribution in [0.2, 0.25) is 0 Å². The number of ether oxygens (including phenoxy) is 1. The summed E-state index contributed by atoms with van der Waals surface area (Å²) in [4.78, 5) is 47.4. The van der Waals surface area contributed by atoms with E-state index in [1.54, 1.807) is 18.5 Å². The van der Waals surface area contributed by atoms with E-state index in [4.69, 9.17) is 10.5 Å². The van der Waals surface area contributed by atoms with Gasteiger partial charge in [-0.1, -0.05) is 12.1 Å². The van der Waals surface area contributed by atoms with Crippen LogP contribution in [0.1, 0.15) is 16.8 Å². The standard InChI is InChI=1S/C18H18N4O5S/c1-21-12-4-2-3-5-13(12)22(18(21)26)8-6-15(24)27-10-14(23)20-17-11(16(19)25)7-9-28-17/h2-5,7,9H,6,8,10H2,1H3,(H2,19,25)(H,20,23). The summed E-state index contributed by atoms with van der Waals surface area (Å²) in [7, 11) is 1.66. The van der Waals surface area contributed by atoms with Crippen molar-refractivity contribution in [2.45, 2.75) is 13.0 Å². The molecule has 9 nitrogen and oxygen atoms in total. The van der Waals surface area contributed by atoms with Crippen molar-refractivity contribution in [3.63, 3.8) is 0 Å². The molecule has 0 spiro atoms. The second-order valence-electron chi connectivity index (χ2n) is 5.97. The molecule has 0 unspecified atom stereocenters. The maximum Gasteiger partial charge on any atom is 0.328 e. The quantitative estimate of drug-likeness (QED) is 0.572. The lowest BCUT2D eigenvalue weighted by atomic mass is 10.3. The number of carbonyl (C=O) groups excluding carboxylic acids is 3. The average molecular weight is 402 g/mol. The van der Waals surface area contributed by atoms with E-state index in [1.165, 1.54) is 15.2 Å². The second kappa shape index (κ2) is 8.09. The molecule has 0 atom stereocenters. The van der Waals surface area contributed by atoms with Crippen molar-refractivity contribution >= 4 is 45.2 Å². The summed E-state index contributed by atoms with van der Waals surface area (Å²) in [6, 6.07) is 8.76. The first-order valence-electron chi connectivity index (χ1n) is 8.35. The maximum atomic E-state index is 12.3. The van der Waals surface area contributed by atoms with Crippen molar-refractivity contribution in [2.75, 3.05) is 11.9 Å². The van der Waals surface area contributed by atoms with Gasteiger partial charge in [-0.3, -0.25) is 23.5 Å². The van der Waals surface area contributed by atoms with Gasteiger partial charge in [-0.25, -0.2) is 4.79 Å². The normalized spacial score (nSPS) is 10.8. The average Bonchev–Trinajstić information content (AvgIpc) is 3.23. The molecule has 1 aromatic carbocycles. The molecule has 0 saturated heterocycles. The third-order valence-corrected chi connectivity index (χ3v) is 4.97. The van der Waals surface area contributed by atoms with Crippen LogP contribution in [0.15, 0.2) is 40.5 Å². The van der Waals surface area contributed by atoms with Gasteiger partial charge in [0, 0.05) is 13.6 Å². The van der Waals surface area contributed by atoms with E-state index in [2.05, 4.69) is 5.32 Å². The minimum absolute atomic E-state index is 0.0628. The van der Waals surface area contributed by atoms with Crippen molar-refractivity contribution < 1.29 is 19.1 Å². The number of nitrogens with one attached hydrogen (secondary N) is 1. The molecule has 28 heavy (non-hydrogen) atoms. The Hall–Kier alpha value is -3.40. The lowest BCUT2D eigenvalue weighted by molar-refractivity contribution is -0.147. The number of rotatable bonds is 7. The molecule has 146 valence electrons. The Labute approximate surface area is 163 Å². The number of imidazole rings is 1. The SMILES string of the molecule is Cn1c(=O)n(CCC(=O)OCC(=O)Nc2sccc2C(N)=O)c2ccccc21. The summed E-state index contributed by atoms with van der Waals surface area (Å²) in [5, 5.41) is 4.40. The molecule has 2 heterocycles. The van der Waals surface area contributed by atoms with Crippen molar-refractivity contribution in [1.82, 2.24) is 9.13 Å². The largest absolute Gasteiger partial charge is 0.456 e. The van der Waals surface area contributed by atoms with Gasteiger partial charge in [0.25, 0.3) is 11.8 Å². The number of aryl methyl sites for hydroxylation is 2. The smallest absolute Gasteiger partial charge is 0.328 e. The van der Waals surface area contributed by atoms with Gasteiger partial charge >= 0.3 is 11.7 Å². The van der Waals surface area contributed by atoms with E-state index in [0.29, 0.717) is 5.00 Å². The number of benzene rings is 1. The third-order valence-electron chi connectivity index (χ3n) is 4.14. The second-order valence-corrected chi connectivity index (χ2v) is 6.88.